The Hall–Kier alpha value is -0.750. The summed E-state index contributed by atoms with van der Waals surface area (Å²) in [6.07, 6.45) is 3.85. The maximum absolute atomic E-state index is 10.2. The molecule has 0 aromatic carbocycles. The number of hydrogen-bond donors (Lipinski definition) is 1. The molecule has 80 valence electrons. The molecule has 1 aliphatic heterocycles. The second kappa shape index (κ2) is 5.87. The lowest BCUT2D eigenvalue weighted by Crippen LogP contribution is -2.21. The fraction of sp³-hybridized carbons (Fsp3) is 0.750. The van der Waals surface area contributed by atoms with Crippen LogP contribution < -0.4 is 5.32 Å². The third-order valence-corrected chi connectivity index (χ3v) is 2.72. The van der Waals surface area contributed by atoms with Crippen molar-refractivity contribution in [2.75, 3.05) is 26.0 Å². The molecule has 1 fully saturated rings. The van der Waals surface area contributed by atoms with Gasteiger partial charge in [-0.2, -0.15) is 0 Å². The minimum Gasteiger partial charge on any atom is -0.381 e. The molecular weight excluding hydrogens is 204 g/mol. The van der Waals surface area contributed by atoms with Crippen molar-refractivity contribution < 1.29 is 9.66 Å². The van der Waals surface area contributed by atoms with Gasteiger partial charge in [-0.3, -0.25) is 10.1 Å². The van der Waals surface area contributed by atoms with E-state index in [9.17, 15) is 10.1 Å². The third-order valence-electron chi connectivity index (χ3n) is 2.03. The zero-order chi connectivity index (χ0) is 10.4. The van der Waals surface area contributed by atoms with Crippen molar-refractivity contribution >= 4 is 11.8 Å². The van der Waals surface area contributed by atoms with Gasteiger partial charge in [-0.05, 0) is 12.7 Å². The summed E-state index contributed by atoms with van der Waals surface area (Å²) in [6, 6.07) is 0. The van der Waals surface area contributed by atoms with E-state index in [1.54, 1.807) is 0 Å². The fourth-order valence-corrected chi connectivity index (χ4v) is 1.67. The molecule has 0 aromatic heterocycles. The average Bonchev–Trinajstić information content (AvgIpc) is 2.64. The molecule has 1 unspecified atom stereocenters. The standard InChI is InChI=1S/C8H14N2O3S/c1-14-8(5-10(11)12)9-4-7-2-3-13-6-7/h5,7,9H,2-4,6H2,1H3. The second-order valence-electron chi connectivity index (χ2n) is 3.09. The largest absolute Gasteiger partial charge is 0.381 e. The van der Waals surface area contributed by atoms with Crippen LogP contribution >= 0.6 is 11.8 Å². The maximum atomic E-state index is 10.2. The number of nitrogens with one attached hydrogen (secondary N) is 1. The summed E-state index contributed by atoms with van der Waals surface area (Å²) in [5.74, 6) is 0.484. The Morgan fingerprint density at radius 3 is 3.14 bits per heavy atom. The predicted molar refractivity (Wildman–Crippen MR) is 55.5 cm³/mol. The maximum Gasteiger partial charge on any atom is 0.263 e. The molecule has 1 saturated heterocycles. The fourth-order valence-electron chi connectivity index (χ4n) is 1.26. The van der Waals surface area contributed by atoms with Gasteiger partial charge >= 0.3 is 0 Å². The molecule has 14 heavy (non-hydrogen) atoms. The first-order chi connectivity index (χ1) is 6.72. The molecule has 1 heterocycles. The van der Waals surface area contributed by atoms with E-state index < -0.39 is 4.92 Å². The van der Waals surface area contributed by atoms with Crippen molar-refractivity contribution in [1.82, 2.24) is 5.32 Å². The molecule has 1 rings (SSSR count). The molecule has 0 bridgehead atoms. The summed E-state index contributed by atoms with van der Waals surface area (Å²) < 4.78 is 5.20. The molecule has 1 atom stereocenters. The lowest BCUT2D eigenvalue weighted by molar-refractivity contribution is -0.403. The molecule has 0 amide bonds. The van der Waals surface area contributed by atoms with E-state index in [-0.39, 0.29) is 0 Å². The van der Waals surface area contributed by atoms with E-state index in [2.05, 4.69) is 5.32 Å². The van der Waals surface area contributed by atoms with Gasteiger partial charge in [-0.15, -0.1) is 11.8 Å². The van der Waals surface area contributed by atoms with Crippen molar-refractivity contribution in [3.8, 4) is 0 Å². The molecule has 5 nitrogen and oxygen atoms in total. The Balaban J connectivity index is 2.29. The normalized spacial score (nSPS) is 22.4. The van der Waals surface area contributed by atoms with Crippen molar-refractivity contribution in [3.63, 3.8) is 0 Å². The molecule has 0 radical (unpaired) electrons. The molecule has 0 spiro atoms. The molecule has 1 N–H and O–H groups in total. The van der Waals surface area contributed by atoms with Crippen molar-refractivity contribution in [2.45, 2.75) is 6.42 Å². The van der Waals surface area contributed by atoms with Crippen LogP contribution in [-0.4, -0.2) is 30.9 Å². The van der Waals surface area contributed by atoms with Crippen LogP contribution in [0.25, 0.3) is 0 Å². The van der Waals surface area contributed by atoms with Crippen LogP contribution in [0.15, 0.2) is 11.2 Å². The Morgan fingerprint density at radius 1 is 1.86 bits per heavy atom. The van der Waals surface area contributed by atoms with E-state index in [0.29, 0.717) is 10.9 Å². The zero-order valence-corrected chi connectivity index (χ0v) is 8.88. The summed E-state index contributed by atoms with van der Waals surface area (Å²) >= 11 is 1.35. The Labute approximate surface area is 87.0 Å². The van der Waals surface area contributed by atoms with Crippen LogP contribution in [0.3, 0.4) is 0 Å². The number of nitrogens with zero attached hydrogens (tertiary/aromatic N) is 1. The minimum absolute atomic E-state index is 0.440. The molecule has 1 aliphatic rings. The summed E-state index contributed by atoms with van der Waals surface area (Å²) in [5, 5.41) is 13.9. The number of nitro groups is 1. The molecule has 0 aliphatic carbocycles. The van der Waals surface area contributed by atoms with Crippen molar-refractivity contribution in [1.29, 1.82) is 0 Å². The van der Waals surface area contributed by atoms with Gasteiger partial charge in [0.1, 0.15) is 5.03 Å². The highest BCUT2D eigenvalue weighted by Gasteiger charge is 2.15. The summed E-state index contributed by atoms with van der Waals surface area (Å²) in [4.78, 5) is 9.78. The molecule has 0 saturated carbocycles. The van der Waals surface area contributed by atoms with E-state index >= 15 is 0 Å². The van der Waals surface area contributed by atoms with E-state index in [1.165, 1.54) is 11.8 Å². The molecular formula is C8H14N2O3S. The first-order valence-corrected chi connectivity index (χ1v) is 5.65. The number of ether oxygens (including phenoxy) is 1. The van der Waals surface area contributed by atoms with Crippen molar-refractivity contribution in [3.05, 3.63) is 21.3 Å². The lowest BCUT2D eigenvalue weighted by atomic mass is 10.1. The van der Waals surface area contributed by atoms with Gasteiger partial charge in [0, 0.05) is 19.1 Å². The predicted octanol–water partition coefficient (Wildman–Crippen LogP) is 1.05. The smallest absolute Gasteiger partial charge is 0.263 e. The Kier molecular flexibility index (Phi) is 4.75. The highest BCUT2D eigenvalue weighted by atomic mass is 32.2. The monoisotopic (exact) mass is 218 g/mol. The lowest BCUT2D eigenvalue weighted by Gasteiger charge is -2.09. The van der Waals surface area contributed by atoms with Crippen LogP contribution in [0.4, 0.5) is 0 Å². The van der Waals surface area contributed by atoms with Crippen LogP contribution in [0, 0.1) is 16.0 Å². The van der Waals surface area contributed by atoms with Crippen LogP contribution in [0.5, 0.6) is 0 Å². The van der Waals surface area contributed by atoms with E-state index in [4.69, 9.17) is 4.74 Å². The topological polar surface area (TPSA) is 64.4 Å². The van der Waals surface area contributed by atoms with Crippen LogP contribution in [-0.2, 0) is 4.74 Å². The van der Waals surface area contributed by atoms with Crippen molar-refractivity contribution in [2.24, 2.45) is 5.92 Å². The quantitative estimate of drug-likeness (QED) is 0.552. The Morgan fingerprint density at radius 2 is 2.64 bits per heavy atom. The molecule has 6 heteroatoms. The van der Waals surface area contributed by atoms with Crippen LogP contribution in [0.2, 0.25) is 0 Å². The van der Waals surface area contributed by atoms with Crippen LogP contribution in [0.1, 0.15) is 6.42 Å². The highest BCUT2D eigenvalue weighted by molar-refractivity contribution is 8.02. The van der Waals surface area contributed by atoms with Gasteiger partial charge in [0.2, 0.25) is 0 Å². The number of rotatable bonds is 5. The summed E-state index contributed by atoms with van der Waals surface area (Å²) in [7, 11) is 0. The van der Waals surface area contributed by atoms with Gasteiger partial charge in [-0.25, -0.2) is 0 Å². The second-order valence-corrected chi connectivity index (χ2v) is 3.94. The SMILES string of the molecule is CSC(=C[N+](=O)[O-])NCC1CCOC1. The van der Waals surface area contributed by atoms with Gasteiger partial charge in [-0.1, -0.05) is 0 Å². The summed E-state index contributed by atoms with van der Waals surface area (Å²) in [6.45, 7) is 2.31. The molecule has 0 aromatic rings. The van der Waals surface area contributed by atoms with Gasteiger partial charge in [0.05, 0.1) is 11.5 Å². The third kappa shape index (κ3) is 3.97. The van der Waals surface area contributed by atoms with E-state index in [1.807, 2.05) is 6.26 Å². The first kappa shape index (κ1) is 11.3. The Bertz CT molecular complexity index is 227. The van der Waals surface area contributed by atoms with Gasteiger partial charge in [0.25, 0.3) is 6.20 Å². The number of hydrogen-bond acceptors (Lipinski definition) is 5. The first-order valence-electron chi connectivity index (χ1n) is 4.43. The highest BCUT2D eigenvalue weighted by Crippen LogP contribution is 2.13. The average molecular weight is 218 g/mol. The number of thioether (sulfide) groups is 1. The zero-order valence-electron chi connectivity index (χ0n) is 8.06. The minimum atomic E-state index is -0.440. The van der Waals surface area contributed by atoms with E-state index in [0.717, 1.165) is 32.4 Å². The summed E-state index contributed by atoms with van der Waals surface area (Å²) in [5.41, 5.74) is 0. The van der Waals surface area contributed by atoms with Gasteiger partial charge in [0.15, 0.2) is 0 Å². The van der Waals surface area contributed by atoms with Gasteiger partial charge < -0.3 is 10.1 Å².